The Balaban J connectivity index is 1.49. The predicted octanol–water partition coefficient (Wildman–Crippen LogP) is 6.28. The van der Waals surface area contributed by atoms with Gasteiger partial charge in [0, 0.05) is 12.1 Å². The highest BCUT2D eigenvalue weighted by Crippen LogP contribution is 2.53. The van der Waals surface area contributed by atoms with Crippen LogP contribution < -0.4 is 4.74 Å². The monoisotopic (exact) mass is 380 g/mol. The Morgan fingerprint density at radius 2 is 1.79 bits per heavy atom. The first kappa shape index (κ1) is 18.9. The molecular weight excluding hydrogens is 352 g/mol. The Morgan fingerprint density at radius 1 is 1.11 bits per heavy atom. The Bertz CT molecular complexity index is 814. The Kier molecular flexibility index (Phi) is 5.09. The Hall–Kier alpha value is -2.43. The van der Waals surface area contributed by atoms with Crippen LogP contribution in [0.25, 0.3) is 0 Å². The number of benzene rings is 1. The molecule has 0 saturated heterocycles. The largest absolute Gasteiger partial charge is 0.439 e. The number of nitro groups is 1. The van der Waals surface area contributed by atoms with Crippen LogP contribution in [0.4, 0.5) is 5.69 Å². The minimum atomic E-state index is -0.462. The lowest BCUT2D eigenvalue weighted by Crippen LogP contribution is -2.40. The average Bonchev–Trinajstić information content (AvgIpc) is 2.68. The van der Waals surface area contributed by atoms with Crippen LogP contribution in [0.3, 0.4) is 0 Å². The summed E-state index contributed by atoms with van der Waals surface area (Å²) >= 11 is 0. The SMILES string of the molecule is CCC1(c2ccc(Oc3ccc([N+](=O)[O-])cn3)cc2)CC2CC(C)CC(C2)C1. The first-order valence-electron chi connectivity index (χ1n) is 10.4. The van der Waals surface area contributed by atoms with Gasteiger partial charge in [-0.3, -0.25) is 10.1 Å². The summed E-state index contributed by atoms with van der Waals surface area (Å²) in [7, 11) is 0. The summed E-state index contributed by atoms with van der Waals surface area (Å²) in [5.41, 5.74) is 1.67. The molecule has 0 aliphatic heterocycles. The van der Waals surface area contributed by atoms with E-state index in [2.05, 4.69) is 31.0 Å². The van der Waals surface area contributed by atoms with E-state index < -0.39 is 4.92 Å². The summed E-state index contributed by atoms with van der Waals surface area (Å²) in [5.74, 6) is 3.68. The first-order valence-corrected chi connectivity index (χ1v) is 10.4. The lowest BCUT2D eigenvalue weighted by Gasteiger charge is -2.49. The molecule has 5 nitrogen and oxygen atoms in total. The molecule has 0 radical (unpaired) electrons. The average molecular weight is 380 g/mol. The van der Waals surface area contributed by atoms with E-state index in [9.17, 15) is 10.1 Å². The lowest BCUT2D eigenvalue weighted by atomic mass is 9.56. The number of aromatic nitrogens is 1. The third-order valence-corrected chi connectivity index (χ3v) is 6.79. The summed E-state index contributed by atoms with van der Waals surface area (Å²) in [6, 6.07) is 11.3. The molecule has 2 unspecified atom stereocenters. The first-order chi connectivity index (χ1) is 13.5. The summed E-state index contributed by atoms with van der Waals surface area (Å²) < 4.78 is 5.78. The molecule has 2 aliphatic rings. The van der Waals surface area contributed by atoms with Gasteiger partial charge in [0.15, 0.2) is 0 Å². The molecular formula is C23H28N2O3. The second-order valence-electron chi connectivity index (χ2n) is 8.82. The fourth-order valence-corrected chi connectivity index (χ4v) is 5.69. The van der Waals surface area contributed by atoms with Crippen LogP contribution in [0.1, 0.15) is 57.9 Å². The van der Waals surface area contributed by atoms with Gasteiger partial charge in [-0.25, -0.2) is 4.98 Å². The van der Waals surface area contributed by atoms with Crippen LogP contribution in [0, 0.1) is 27.9 Å². The standard InChI is InChI=1S/C23H28N2O3/c1-3-23(13-17-10-16(2)11-18(12-17)14-23)19-4-7-21(8-5-19)28-22-9-6-20(15-24-22)25(26)27/h4-9,15-18H,3,10-14H2,1-2H3. The molecule has 1 aromatic carbocycles. The van der Waals surface area contributed by atoms with Gasteiger partial charge in [0.2, 0.25) is 5.88 Å². The van der Waals surface area contributed by atoms with Crippen molar-refractivity contribution < 1.29 is 9.66 Å². The number of hydrogen-bond donors (Lipinski definition) is 0. The third kappa shape index (κ3) is 3.75. The number of pyridine rings is 1. The molecule has 2 aromatic rings. The number of fused-ring (bicyclic) bond motifs is 2. The van der Waals surface area contributed by atoms with Crippen molar-refractivity contribution in [2.75, 3.05) is 0 Å². The van der Waals surface area contributed by atoms with Crippen molar-refractivity contribution in [3.63, 3.8) is 0 Å². The maximum absolute atomic E-state index is 10.7. The van der Waals surface area contributed by atoms with Crippen molar-refractivity contribution in [1.82, 2.24) is 4.98 Å². The van der Waals surface area contributed by atoms with Crippen molar-refractivity contribution >= 4 is 5.69 Å². The third-order valence-electron chi connectivity index (χ3n) is 6.79. The van der Waals surface area contributed by atoms with Crippen molar-refractivity contribution in [3.8, 4) is 11.6 Å². The molecule has 2 fully saturated rings. The summed E-state index contributed by atoms with van der Waals surface area (Å²) in [5, 5.41) is 10.7. The van der Waals surface area contributed by atoms with Gasteiger partial charge in [-0.15, -0.1) is 0 Å². The van der Waals surface area contributed by atoms with E-state index in [0.717, 1.165) is 17.8 Å². The van der Waals surface area contributed by atoms with Crippen LogP contribution >= 0.6 is 0 Å². The van der Waals surface area contributed by atoms with Crippen molar-refractivity contribution in [1.29, 1.82) is 0 Å². The highest BCUT2D eigenvalue weighted by atomic mass is 16.6. The molecule has 5 heteroatoms. The van der Waals surface area contributed by atoms with Gasteiger partial charge in [0.1, 0.15) is 11.9 Å². The van der Waals surface area contributed by atoms with E-state index in [1.165, 1.54) is 62.4 Å². The predicted molar refractivity (Wildman–Crippen MR) is 109 cm³/mol. The van der Waals surface area contributed by atoms with E-state index in [4.69, 9.17) is 4.74 Å². The van der Waals surface area contributed by atoms with Crippen LogP contribution in [0.2, 0.25) is 0 Å². The summed E-state index contributed by atoms with van der Waals surface area (Å²) in [4.78, 5) is 14.3. The van der Waals surface area contributed by atoms with Gasteiger partial charge in [-0.05, 0) is 79.4 Å². The Morgan fingerprint density at radius 3 is 2.32 bits per heavy atom. The minimum absolute atomic E-state index is 0.0373. The van der Waals surface area contributed by atoms with Crippen LogP contribution in [0.5, 0.6) is 11.6 Å². The van der Waals surface area contributed by atoms with Crippen molar-refractivity contribution in [2.45, 2.75) is 57.8 Å². The fourth-order valence-electron chi connectivity index (χ4n) is 5.69. The van der Waals surface area contributed by atoms with Crippen LogP contribution in [0.15, 0.2) is 42.6 Å². The smallest absolute Gasteiger partial charge is 0.287 e. The molecule has 1 aromatic heterocycles. The van der Waals surface area contributed by atoms with Gasteiger partial charge in [-0.1, -0.05) is 26.0 Å². The highest BCUT2D eigenvalue weighted by molar-refractivity contribution is 5.36. The second-order valence-corrected chi connectivity index (χ2v) is 8.82. The molecule has 0 amide bonds. The van der Waals surface area contributed by atoms with Gasteiger partial charge in [-0.2, -0.15) is 0 Å². The molecule has 1 heterocycles. The molecule has 2 aliphatic carbocycles. The normalized spacial score (nSPS) is 29.3. The molecule has 0 spiro atoms. The zero-order valence-electron chi connectivity index (χ0n) is 16.6. The van der Waals surface area contributed by atoms with Gasteiger partial charge in [0.25, 0.3) is 5.69 Å². The molecule has 2 atom stereocenters. The maximum atomic E-state index is 10.7. The maximum Gasteiger partial charge on any atom is 0.287 e. The van der Waals surface area contributed by atoms with Crippen molar-refractivity contribution in [3.05, 3.63) is 58.3 Å². The lowest BCUT2D eigenvalue weighted by molar-refractivity contribution is -0.385. The summed E-state index contributed by atoms with van der Waals surface area (Å²) in [6.07, 6.45) is 9.18. The number of rotatable bonds is 5. The van der Waals surface area contributed by atoms with E-state index >= 15 is 0 Å². The minimum Gasteiger partial charge on any atom is -0.439 e. The van der Waals surface area contributed by atoms with E-state index in [0.29, 0.717) is 11.6 Å². The molecule has 148 valence electrons. The molecule has 4 rings (SSSR count). The van der Waals surface area contributed by atoms with Crippen LogP contribution in [-0.4, -0.2) is 9.91 Å². The quantitative estimate of drug-likeness (QED) is 0.452. The Labute approximate surface area is 166 Å². The van der Waals surface area contributed by atoms with Gasteiger partial charge in [0.05, 0.1) is 4.92 Å². The molecule has 2 saturated carbocycles. The van der Waals surface area contributed by atoms with Gasteiger partial charge >= 0.3 is 0 Å². The van der Waals surface area contributed by atoms with E-state index in [1.54, 1.807) is 0 Å². The zero-order chi connectivity index (χ0) is 19.7. The topological polar surface area (TPSA) is 65.3 Å². The molecule has 28 heavy (non-hydrogen) atoms. The van der Waals surface area contributed by atoms with Crippen LogP contribution in [-0.2, 0) is 5.41 Å². The van der Waals surface area contributed by atoms with Crippen molar-refractivity contribution in [2.24, 2.45) is 17.8 Å². The van der Waals surface area contributed by atoms with E-state index in [-0.39, 0.29) is 11.1 Å². The van der Waals surface area contributed by atoms with E-state index in [1.807, 2.05) is 12.1 Å². The number of nitrogens with zero attached hydrogens (tertiary/aromatic N) is 2. The molecule has 2 bridgehead atoms. The fraction of sp³-hybridized carbons (Fsp3) is 0.522. The summed E-state index contributed by atoms with van der Waals surface area (Å²) in [6.45, 7) is 4.74. The molecule has 0 N–H and O–H groups in total. The number of ether oxygens (including phenoxy) is 1. The van der Waals surface area contributed by atoms with Gasteiger partial charge < -0.3 is 4.74 Å². The second kappa shape index (κ2) is 7.53. The zero-order valence-corrected chi connectivity index (χ0v) is 16.6. The highest BCUT2D eigenvalue weighted by Gasteiger charge is 2.43. The number of hydrogen-bond acceptors (Lipinski definition) is 4.